The van der Waals surface area contributed by atoms with Crippen LogP contribution in [0.3, 0.4) is 0 Å². The minimum Gasteiger partial charge on any atom is -0.341 e. The van der Waals surface area contributed by atoms with Crippen molar-refractivity contribution in [2.45, 2.75) is 46.2 Å². The Hall–Kier alpha value is -2.24. The normalized spacial score (nSPS) is 11.7. The number of benzene rings is 1. The molecule has 5 heteroatoms. The molecule has 1 aromatic carbocycles. The molecule has 0 saturated heterocycles. The van der Waals surface area contributed by atoms with Gasteiger partial charge in [-0.25, -0.2) is 4.98 Å². The van der Waals surface area contributed by atoms with E-state index in [1.54, 1.807) is 0 Å². The van der Waals surface area contributed by atoms with E-state index in [1.807, 2.05) is 30.5 Å². The third-order valence-electron chi connectivity index (χ3n) is 4.73. The molecule has 3 rings (SSSR count). The zero-order valence-corrected chi connectivity index (χ0v) is 16.5. The minimum atomic E-state index is 0.619. The van der Waals surface area contributed by atoms with E-state index in [9.17, 15) is 0 Å². The molecular weight excluding hydrogens is 334 g/mol. The average Bonchev–Trinajstić information content (AvgIpc) is 3.05. The average molecular weight is 366 g/mol. The second-order valence-corrected chi connectivity index (χ2v) is 7.61. The van der Waals surface area contributed by atoms with Crippen molar-refractivity contribution >= 4 is 11.0 Å². The highest BCUT2D eigenvalue weighted by Crippen LogP contribution is 2.17. The number of rotatable bonds is 10. The largest absolute Gasteiger partial charge is 0.341 e. The molecular formula is C22H31N5. The SMILES string of the molecule is CC(C)Cc1cccnc1CN(CCCCN)Cc1nc2ccccc2[nH]1. The molecule has 3 N–H and O–H groups in total. The van der Waals surface area contributed by atoms with E-state index in [-0.39, 0.29) is 0 Å². The first-order valence-corrected chi connectivity index (χ1v) is 9.94. The molecule has 2 heterocycles. The number of imidazole rings is 1. The summed E-state index contributed by atoms with van der Waals surface area (Å²) in [6, 6.07) is 12.4. The summed E-state index contributed by atoms with van der Waals surface area (Å²) in [4.78, 5) is 15.3. The van der Waals surface area contributed by atoms with Gasteiger partial charge in [0.25, 0.3) is 0 Å². The molecule has 0 aliphatic rings. The van der Waals surface area contributed by atoms with Crippen molar-refractivity contribution in [2.24, 2.45) is 11.7 Å². The van der Waals surface area contributed by atoms with E-state index < -0.39 is 0 Å². The van der Waals surface area contributed by atoms with Gasteiger partial charge in [-0.3, -0.25) is 9.88 Å². The fourth-order valence-electron chi connectivity index (χ4n) is 3.44. The second kappa shape index (κ2) is 9.62. The quantitative estimate of drug-likeness (QED) is 0.535. The van der Waals surface area contributed by atoms with Gasteiger partial charge in [-0.1, -0.05) is 32.0 Å². The van der Waals surface area contributed by atoms with E-state index in [0.717, 1.165) is 62.3 Å². The smallest absolute Gasteiger partial charge is 0.121 e. The molecule has 0 unspecified atom stereocenters. The third-order valence-corrected chi connectivity index (χ3v) is 4.73. The number of nitrogens with one attached hydrogen (secondary N) is 1. The predicted octanol–water partition coefficient (Wildman–Crippen LogP) is 3.90. The summed E-state index contributed by atoms with van der Waals surface area (Å²) >= 11 is 0. The van der Waals surface area contributed by atoms with Crippen molar-refractivity contribution in [3.05, 3.63) is 59.7 Å². The van der Waals surface area contributed by atoms with Gasteiger partial charge in [0.2, 0.25) is 0 Å². The van der Waals surface area contributed by atoms with Crippen LogP contribution in [0, 0.1) is 5.92 Å². The molecule has 0 bridgehead atoms. The van der Waals surface area contributed by atoms with E-state index in [1.165, 1.54) is 11.3 Å². The molecule has 0 atom stereocenters. The molecule has 3 aromatic rings. The van der Waals surface area contributed by atoms with Gasteiger partial charge in [0.15, 0.2) is 0 Å². The monoisotopic (exact) mass is 365 g/mol. The van der Waals surface area contributed by atoms with Crippen LogP contribution in [0.2, 0.25) is 0 Å². The van der Waals surface area contributed by atoms with E-state index >= 15 is 0 Å². The molecule has 0 radical (unpaired) electrons. The van der Waals surface area contributed by atoms with Crippen LogP contribution in [0.4, 0.5) is 0 Å². The Morgan fingerprint density at radius 2 is 1.93 bits per heavy atom. The third kappa shape index (κ3) is 5.62. The van der Waals surface area contributed by atoms with Gasteiger partial charge in [0.05, 0.1) is 23.3 Å². The molecule has 27 heavy (non-hydrogen) atoms. The van der Waals surface area contributed by atoms with Gasteiger partial charge >= 0.3 is 0 Å². The van der Waals surface area contributed by atoms with Crippen LogP contribution in [-0.2, 0) is 19.5 Å². The lowest BCUT2D eigenvalue weighted by Crippen LogP contribution is -2.26. The Morgan fingerprint density at radius 3 is 2.70 bits per heavy atom. The number of H-pyrrole nitrogens is 1. The molecule has 0 aliphatic carbocycles. The number of fused-ring (bicyclic) bond motifs is 1. The van der Waals surface area contributed by atoms with Crippen LogP contribution in [0.15, 0.2) is 42.6 Å². The van der Waals surface area contributed by atoms with E-state index in [2.05, 4.69) is 40.8 Å². The first-order valence-electron chi connectivity index (χ1n) is 9.94. The number of hydrogen-bond acceptors (Lipinski definition) is 4. The van der Waals surface area contributed by atoms with Crippen molar-refractivity contribution in [2.75, 3.05) is 13.1 Å². The van der Waals surface area contributed by atoms with Crippen LogP contribution >= 0.6 is 0 Å². The fraction of sp³-hybridized carbons (Fsp3) is 0.455. The van der Waals surface area contributed by atoms with Crippen molar-refractivity contribution < 1.29 is 0 Å². The Labute approximate surface area is 162 Å². The minimum absolute atomic E-state index is 0.619. The highest BCUT2D eigenvalue weighted by Gasteiger charge is 2.14. The predicted molar refractivity (Wildman–Crippen MR) is 111 cm³/mol. The zero-order chi connectivity index (χ0) is 19.1. The maximum Gasteiger partial charge on any atom is 0.121 e. The topological polar surface area (TPSA) is 70.8 Å². The molecule has 144 valence electrons. The molecule has 0 aliphatic heterocycles. The number of aromatic nitrogens is 3. The summed E-state index contributed by atoms with van der Waals surface area (Å²) in [5.74, 6) is 1.62. The molecule has 0 amide bonds. The van der Waals surface area contributed by atoms with Crippen molar-refractivity contribution in [3.8, 4) is 0 Å². The highest BCUT2D eigenvalue weighted by atomic mass is 15.2. The van der Waals surface area contributed by atoms with Gasteiger partial charge < -0.3 is 10.7 Å². The lowest BCUT2D eigenvalue weighted by Gasteiger charge is -2.22. The lowest BCUT2D eigenvalue weighted by molar-refractivity contribution is 0.242. The molecule has 5 nitrogen and oxygen atoms in total. The summed E-state index contributed by atoms with van der Waals surface area (Å²) < 4.78 is 0. The lowest BCUT2D eigenvalue weighted by atomic mass is 10.0. The highest BCUT2D eigenvalue weighted by molar-refractivity contribution is 5.74. The molecule has 2 aromatic heterocycles. The van der Waals surface area contributed by atoms with E-state index in [4.69, 9.17) is 10.7 Å². The van der Waals surface area contributed by atoms with Crippen molar-refractivity contribution in [1.29, 1.82) is 0 Å². The Bertz CT molecular complexity index is 806. The van der Waals surface area contributed by atoms with Crippen molar-refractivity contribution in [1.82, 2.24) is 19.9 Å². The molecule has 0 spiro atoms. The first-order chi connectivity index (χ1) is 13.2. The van der Waals surface area contributed by atoms with Gasteiger partial charge in [0.1, 0.15) is 5.82 Å². The zero-order valence-electron chi connectivity index (χ0n) is 16.5. The van der Waals surface area contributed by atoms with Crippen LogP contribution in [-0.4, -0.2) is 32.9 Å². The Balaban J connectivity index is 1.76. The number of aromatic amines is 1. The van der Waals surface area contributed by atoms with Crippen LogP contribution in [0.5, 0.6) is 0 Å². The fourth-order valence-corrected chi connectivity index (χ4v) is 3.44. The van der Waals surface area contributed by atoms with Crippen LogP contribution in [0.25, 0.3) is 11.0 Å². The number of unbranched alkanes of at least 4 members (excludes halogenated alkanes) is 1. The maximum absolute atomic E-state index is 5.70. The van der Waals surface area contributed by atoms with E-state index in [0.29, 0.717) is 5.92 Å². The molecule has 0 saturated carbocycles. The van der Waals surface area contributed by atoms with Gasteiger partial charge in [-0.2, -0.15) is 0 Å². The second-order valence-electron chi connectivity index (χ2n) is 7.61. The van der Waals surface area contributed by atoms with Crippen LogP contribution < -0.4 is 5.73 Å². The van der Waals surface area contributed by atoms with Gasteiger partial charge in [-0.15, -0.1) is 0 Å². The first kappa shape index (κ1) is 19.5. The van der Waals surface area contributed by atoms with Gasteiger partial charge in [0, 0.05) is 12.7 Å². The number of nitrogens with zero attached hydrogens (tertiary/aromatic N) is 3. The number of pyridine rings is 1. The number of nitrogens with two attached hydrogens (primary N) is 1. The summed E-state index contributed by atoms with van der Waals surface area (Å²) in [5, 5.41) is 0. The maximum atomic E-state index is 5.70. The summed E-state index contributed by atoms with van der Waals surface area (Å²) in [6.07, 6.45) is 5.09. The Kier molecular flexibility index (Phi) is 6.96. The number of hydrogen-bond donors (Lipinski definition) is 2. The van der Waals surface area contributed by atoms with Crippen LogP contribution in [0.1, 0.15) is 43.8 Å². The molecule has 0 fully saturated rings. The summed E-state index contributed by atoms with van der Waals surface area (Å²) in [5.41, 5.74) is 10.3. The summed E-state index contributed by atoms with van der Waals surface area (Å²) in [7, 11) is 0. The standard InChI is InChI=1S/C22H31N5/c1-17(2)14-18-8-7-12-24-21(18)15-27(13-6-5-11-23)16-22-25-19-9-3-4-10-20(19)26-22/h3-4,7-10,12,17H,5-6,11,13-16,23H2,1-2H3,(H,25,26). The van der Waals surface area contributed by atoms with Crippen molar-refractivity contribution in [3.63, 3.8) is 0 Å². The van der Waals surface area contributed by atoms with Gasteiger partial charge in [-0.05, 0) is 62.0 Å². The summed E-state index contributed by atoms with van der Waals surface area (Å²) in [6.45, 7) is 7.86. The number of para-hydroxylation sites is 2. The Morgan fingerprint density at radius 1 is 1.07 bits per heavy atom.